The molecule has 2 N–H and O–H groups in total. The minimum Gasteiger partial charge on any atom is -0.380 e. The van der Waals surface area contributed by atoms with Crippen molar-refractivity contribution >= 4 is 0 Å². The third kappa shape index (κ3) is 3.13. The fourth-order valence-corrected chi connectivity index (χ4v) is 1.13. The summed E-state index contributed by atoms with van der Waals surface area (Å²) < 4.78 is 5.14. The third-order valence-corrected chi connectivity index (χ3v) is 2.20. The summed E-state index contributed by atoms with van der Waals surface area (Å²) in [5, 5.41) is 0. The molecule has 2 atom stereocenters. The molecule has 0 saturated heterocycles. The number of nitrogens with zero attached hydrogens (tertiary/aromatic N) is 1. The van der Waals surface area contributed by atoms with Gasteiger partial charge in [0.15, 0.2) is 0 Å². The molecule has 0 aromatic carbocycles. The number of nitrogens with two attached hydrogens (primary N) is 1. The van der Waals surface area contributed by atoms with Gasteiger partial charge in [-0.05, 0) is 31.0 Å². The summed E-state index contributed by atoms with van der Waals surface area (Å²) in [5.74, 6) is 0. The highest BCUT2D eigenvalue weighted by molar-refractivity contribution is 5.11. The van der Waals surface area contributed by atoms with Gasteiger partial charge in [0, 0.05) is 25.5 Å². The first-order valence-corrected chi connectivity index (χ1v) is 4.41. The molecule has 72 valence electrons. The molecule has 0 saturated carbocycles. The van der Waals surface area contributed by atoms with Gasteiger partial charge in [-0.25, -0.2) is 0 Å². The molecule has 0 aliphatic rings. The molecule has 2 unspecified atom stereocenters. The van der Waals surface area contributed by atoms with Crippen molar-refractivity contribution in [2.45, 2.75) is 25.5 Å². The van der Waals surface area contributed by atoms with Gasteiger partial charge in [0.05, 0.1) is 6.10 Å². The van der Waals surface area contributed by atoms with E-state index in [1.807, 2.05) is 19.1 Å². The molecule has 0 aliphatic carbocycles. The second-order valence-corrected chi connectivity index (χ2v) is 3.16. The van der Waals surface area contributed by atoms with Gasteiger partial charge < -0.3 is 10.5 Å². The third-order valence-electron chi connectivity index (χ3n) is 2.20. The van der Waals surface area contributed by atoms with E-state index in [0.29, 0.717) is 0 Å². The van der Waals surface area contributed by atoms with Crippen molar-refractivity contribution in [3.05, 3.63) is 30.1 Å². The second-order valence-electron chi connectivity index (χ2n) is 3.16. The summed E-state index contributed by atoms with van der Waals surface area (Å²) in [6.45, 7) is 1.98. The first kappa shape index (κ1) is 10.2. The van der Waals surface area contributed by atoms with Crippen molar-refractivity contribution in [3.63, 3.8) is 0 Å². The Balaban J connectivity index is 2.50. The number of hydrogen-bond acceptors (Lipinski definition) is 3. The second kappa shape index (κ2) is 4.94. The van der Waals surface area contributed by atoms with Crippen molar-refractivity contribution in [1.82, 2.24) is 4.98 Å². The van der Waals surface area contributed by atoms with E-state index in [0.717, 1.165) is 6.42 Å². The maximum Gasteiger partial charge on any atom is 0.0697 e. The van der Waals surface area contributed by atoms with Gasteiger partial charge in [0.2, 0.25) is 0 Å². The number of aromatic nitrogens is 1. The van der Waals surface area contributed by atoms with E-state index in [4.69, 9.17) is 10.5 Å². The van der Waals surface area contributed by atoms with Gasteiger partial charge in [-0.15, -0.1) is 0 Å². The van der Waals surface area contributed by atoms with Crippen LogP contribution in [0.5, 0.6) is 0 Å². The highest BCUT2D eigenvalue weighted by Crippen LogP contribution is 2.04. The van der Waals surface area contributed by atoms with Crippen LogP contribution in [0.25, 0.3) is 0 Å². The average molecular weight is 180 g/mol. The Hall–Kier alpha value is -0.930. The normalized spacial score (nSPS) is 15.3. The molecule has 0 bridgehead atoms. The number of hydrogen-bond donors (Lipinski definition) is 1. The van der Waals surface area contributed by atoms with Crippen LogP contribution in [-0.4, -0.2) is 24.2 Å². The van der Waals surface area contributed by atoms with Gasteiger partial charge in [-0.1, -0.05) is 0 Å². The molecule has 0 amide bonds. The van der Waals surface area contributed by atoms with Crippen molar-refractivity contribution in [2.24, 2.45) is 5.73 Å². The zero-order chi connectivity index (χ0) is 9.68. The van der Waals surface area contributed by atoms with Crippen molar-refractivity contribution in [2.75, 3.05) is 7.11 Å². The van der Waals surface area contributed by atoms with Gasteiger partial charge in [0.1, 0.15) is 0 Å². The van der Waals surface area contributed by atoms with Crippen LogP contribution in [0.2, 0.25) is 0 Å². The van der Waals surface area contributed by atoms with Gasteiger partial charge in [0.25, 0.3) is 0 Å². The fraction of sp³-hybridized carbons (Fsp3) is 0.500. The van der Waals surface area contributed by atoms with E-state index >= 15 is 0 Å². The van der Waals surface area contributed by atoms with Crippen molar-refractivity contribution in [1.29, 1.82) is 0 Å². The summed E-state index contributed by atoms with van der Waals surface area (Å²) in [6.07, 6.45) is 4.48. The SMILES string of the molecule is COC(C)C(N)Cc1ccncc1. The van der Waals surface area contributed by atoms with Gasteiger partial charge >= 0.3 is 0 Å². The largest absolute Gasteiger partial charge is 0.380 e. The average Bonchev–Trinajstić information content (AvgIpc) is 2.18. The molecule has 1 heterocycles. The highest BCUT2D eigenvalue weighted by Gasteiger charge is 2.11. The number of rotatable bonds is 4. The Bertz CT molecular complexity index is 238. The molecule has 1 rings (SSSR count). The first-order chi connectivity index (χ1) is 6.24. The molecule has 3 nitrogen and oxygen atoms in total. The van der Waals surface area contributed by atoms with Crippen LogP contribution in [0.1, 0.15) is 12.5 Å². The lowest BCUT2D eigenvalue weighted by atomic mass is 10.0. The molecule has 1 aromatic heterocycles. The molecule has 0 spiro atoms. The quantitative estimate of drug-likeness (QED) is 0.751. The summed E-state index contributed by atoms with van der Waals surface area (Å²) in [5.41, 5.74) is 7.11. The lowest BCUT2D eigenvalue weighted by Crippen LogP contribution is -2.35. The van der Waals surface area contributed by atoms with E-state index in [1.165, 1.54) is 5.56 Å². The number of pyridine rings is 1. The minimum atomic E-state index is 0.0485. The maximum atomic E-state index is 5.91. The van der Waals surface area contributed by atoms with E-state index in [-0.39, 0.29) is 12.1 Å². The summed E-state index contributed by atoms with van der Waals surface area (Å²) >= 11 is 0. The predicted molar refractivity (Wildman–Crippen MR) is 52.4 cm³/mol. The Morgan fingerprint density at radius 2 is 2.08 bits per heavy atom. The molecular weight excluding hydrogens is 164 g/mol. The summed E-state index contributed by atoms with van der Waals surface area (Å²) in [6, 6.07) is 4.00. The molecule has 0 radical (unpaired) electrons. The number of ether oxygens (including phenoxy) is 1. The topological polar surface area (TPSA) is 48.1 Å². The Kier molecular flexibility index (Phi) is 3.86. The highest BCUT2D eigenvalue weighted by atomic mass is 16.5. The van der Waals surface area contributed by atoms with Gasteiger partial charge in [-0.3, -0.25) is 4.98 Å². The van der Waals surface area contributed by atoms with Crippen LogP contribution in [-0.2, 0) is 11.2 Å². The van der Waals surface area contributed by atoms with Crippen molar-refractivity contribution < 1.29 is 4.74 Å². The zero-order valence-electron chi connectivity index (χ0n) is 8.10. The molecule has 1 aromatic rings. The van der Waals surface area contributed by atoms with Crippen molar-refractivity contribution in [3.8, 4) is 0 Å². The molecule has 0 aliphatic heterocycles. The van der Waals surface area contributed by atoms with Crippen LogP contribution in [0.15, 0.2) is 24.5 Å². The van der Waals surface area contributed by atoms with Crippen LogP contribution in [0.3, 0.4) is 0 Å². The lowest BCUT2D eigenvalue weighted by molar-refractivity contribution is 0.0956. The molecule has 13 heavy (non-hydrogen) atoms. The van der Waals surface area contributed by atoms with Crippen LogP contribution in [0.4, 0.5) is 0 Å². The van der Waals surface area contributed by atoms with Crippen LogP contribution < -0.4 is 5.73 Å². The van der Waals surface area contributed by atoms with Gasteiger partial charge in [-0.2, -0.15) is 0 Å². The fourth-order valence-electron chi connectivity index (χ4n) is 1.13. The maximum absolute atomic E-state index is 5.91. The minimum absolute atomic E-state index is 0.0485. The predicted octanol–water partition coefficient (Wildman–Crippen LogP) is 0.986. The van der Waals surface area contributed by atoms with E-state index in [1.54, 1.807) is 19.5 Å². The zero-order valence-corrected chi connectivity index (χ0v) is 8.10. The summed E-state index contributed by atoms with van der Waals surface area (Å²) in [7, 11) is 1.68. The Morgan fingerprint density at radius 3 is 2.62 bits per heavy atom. The van der Waals surface area contributed by atoms with E-state index in [2.05, 4.69) is 4.98 Å². The van der Waals surface area contributed by atoms with E-state index < -0.39 is 0 Å². The first-order valence-electron chi connectivity index (χ1n) is 4.41. The van der Waals surface area contributed by atoms with Crippen LogP contribution >= 0.6 is 0 Å². The standard InChI is InChI=1S/C10H16N2O/c1-8(13-2)10(11)7-9-3-5-12-6-4-9/h3-6,8,10H,7,11H2,1-2H3. The molecular formula is C10H16N2O. The monoisotopic (exact) mass is 180 g/mol. The van der Waals surface area contributed by atoms with E-state index in [9.17, 15) is 0 Å². The number of methoxy groups -OCH3 is 1. The Labute approximate surface area is 78.9 Å². The Morgan fingerprint density at radius 1 is 1.46 bits per heavy atom. The molecule has 3 heteroatoms. The summed E-state index contributed by atoms with van der Waals surface area (Å²) in [4.78, 5) is 3.95. The lowest BCUT2D eigenvalue weighted by Gasteiger charge is -2.17. The molecule has 0 fully saturated rings. The smallest absolute Gasteiger partial charge is 0.0697 e. The van der Waals surface area contributed by atoms with Crippen LogP contribution in [0, 0.1) is 0 Å².